The fourth-order valence-corrected chi connectivity index (χ4v) is 5.68. The number of hydrogen-bond donors (Lipinski definition) is 0. The van der Waals surface area contributed by atoms with E-state index in [1.165, 1.54) is 22.9 Å². The predicted octanol–water partition coefficient (Wildman–Crippen LogP) is 4.04. The quantitative estimate of drug-likeness (QED) is 0.788. The van der Waals surface area contributed by atoms with E-state index in [2.05, 4.69) is 61.0 Å². The van der Waals surface area contributed by atoms with E-state index < -0.39 is 0 Å². The lowest BCUT2D eigenvalue weighted by Crippen LogP contribution is -2.55. The van der Waals surface area contributed by atoms with Gasteiger partial charge in [0.25, 0.3) is 0 Å². The van der Waals surface area contributed by atoms with E-state index >= 15 is 0 Å². The van der Waals surface area contributed by atoms with Crippen LogP contribution in [0.5, 0.6) is 0 Å². The van der Waals surface area contributed by atoms with Gasteiger partial charge in [-0.3, -0.25) is 4.90 Å². The number of nitrogens with zero attached hydrogens (tertiary/aromatic N) is 2. The first-order chi connectivity index (χ1) is 11.7. The third-order valence-electron chi connectivity index (χ3n) is 6.90. The SMILES string of the molecule is CCC1=COC[C@@H]2[C@H]1C[C@H]1c3c(c4ccccc4n3C)C[C@@H]2N1C. The molecule has 0 unspecified atom stereocenters. The average Bonchev–Trinajstić information content (AvgIpc) is 2.88. The summed E-state index contributed by atoms with van der Waals surface area (Å²) in [5.74, 6) is 1.33. The molecule has 1 aromatic heterocycles. The van der Waals surface area contributed by atoms with Crippen molar-refractivity contribution in [3.63, 3.8) is 0 Å². The summed E-state index contributed by atoms with van der Waals surface area (Å²) in [6.45, 7) is 3.16. The van der Waals surface area contributed by atoms with Gasteiger partial charge in [0.05, 0.1) is 18.9 Å². The Balaban J connectivity index is 1.68. The molecule has 0 saturated carbocycles. The Kier molecular flexibility index (Phi) is 3.12. The van der Waals surface area contributed by atoms with E-state index in [0.717, 1.165) is 19.4 Å². The van der Waals surface area contributed by atoms with Crippen LogP contribution < -0.4 is 0 Å². The topological polar surface area (TPSA) is 17.4 Å². The maximum Gasteiger partial charge on any atom is 0.0922 e. The number of benzene rings is 1. The number of ether oxygens (including phenoxy) is 1. The number of allylic oxidation sites excluding steroid dienone is 1. The lowest BCUT2D eigenvalue weighted by atomic mass is 9.67. The zero-order valence-electron chi connectivity index (χ0n) is 14.8. The largest absolute Gasteiger partial charge is 0.501 e. The minimum absolute atomic E-state index is 0.533. The van der Waals surface area contributed by atoms with Gasteiger partial charge in [-0.1, -0.05) is 25.1 Å². The lowest BCUT2D eigenvalue weighted by molar-refractivity contribution is -0.0245. The number of fused-ring (bicyclic) bond motifs is 8. The van der Waals surface area contributed by atoms with Crippen LogP contribution in [0.3, 0.4) is 0 Å². The number of piperidine rings is 1. The van der Waals surface area contributed by atoms with Crippen molar-refractivity contribution in [1.82, 2.24) is 9.47 Å². The molecule has 0 spiro atoms. The third kappa shape index (κ3) is 1.76. The van der Waals surface area contributed by atoms with Gasteiger partial charge in [0, 0.05) is 35.6 Å². The molecule has 3 nitrogen and oxygen atoms in total. The molecule has 5 rings (SSSR count). The molecule has 1 saturated heterocycles. The lowest BCUT2D eigenvalue weighted by Gasteiger charge is -2.53. The molecule has 1 fully saturated rings. The fourth-order valence-electron chi connectivity index (χ4n) is 5.68. The molecule has 24 heavy (non-hydrogen) atoms. The molecule has 3 aliphatic rings. The molecule has 4 heterocycles. The molecule has 126 valence electrons. The molecule has 4 atom stereocenters. The van der Waals surface area contributed by atoms with Crippen molar-refractivity contribution in [3.05, 3.63) is 47.4 Å². The standard InChI is InChI=1S/C21H26N2O/c1-4-13-11-24-12-17-15(13)9-20-21-16(10-19(17)22(20)2)14-7-5-6-8-18(14)23(21)3/h5-8,11,15,17,19-20H,4,9-10,12H2,1-3H3/t15-,17+,19-,20-/m0/s1. The summed E-state index contributed by atoms with van der Waals surface area (Å²) < 4.78 is 8.32. The smallest absolute Gasteiger partial charge is 0.0922 e. The van der Waals surface area contributed by atoms with Gasteiger partial charge in [-0.25, -0.2) is 0 Å². The third-order valence-corrected chi connectivity index (χ3v) is 6.90. The highest BCUT2D eigenvalue weighted by atomic mass is 16.5. The molecule has 0 amide bonds. The second-order valence-corrected chi connectivity index (χ2v) is 7.78. The van der Waals surface area contributed by atoms with E-state index in [1.54, 1.807) is 11.3 Å². The number of hydrogen-bond acceptors (Lipinski definition) is 2. The fraction of sp³-hybridized carbons (Fsp3) is 0.524. The second-order valence-electron chi connectivity index (χ2n) is 7.78. The maximum atomic E-state index is 5.87. The summed E-state index contributed by atoms with van der Waals surface area (Å²) in [7, 11) is 4.58. The van der Waals surface area contributed by atoms with Crippen LogP contribution in [-0.4, -0.2) is 29.2 Å². The van der Waals surface area contributed by atoms with Gasteiger partial charge in [-0.05, 0) is 49.4 Å². The minimum atomic E-state index is 0.533. The van der Waals surface area contributed by atoms with Crippen LogP contribution in [0.1, 0.15) is 37.1 Å². The molecule has 2 aromatic rings. The van der Waals surface area contributed by atoms with E-state index in [0.29, 0.717) is 23.9 Å². The maximum absolute atomic E-state index is 5.87. The van der Waals surface area contributed by atoms with Crippen LogP contribution in [-0.2, 0) is 18.2 Å². The first-order valence-electron chi connectivity index (χ1n) is 9.29. The van der Waals surface area contributed by atoms with Crippen molar-refractivity contribution >= 4 is 10.9 Å². The summed E-state index contributed by atoms with van der Waals surface area (Å²) >= 11 is 0. The Morgan fingerprint density at radius 1 is 1.21 bits per heavy atom. The van der Waals surface area contributed by atoms with E-state index in [4.69, 9.17) is 4.74 Å². The van der Waals surface area contributed by atoms with Gasteiger partial charge in [0.1, 0.15) is 0 Å². The Labute approximate surface area is 143 Å². The number of para-hydroxylation sites is 1. The number of aromatic nitrogens is 1. The highest BCUT2D eigenvalue weighted by Gasteiger charge is 2.48. The van der Waals surface area contributed by atoms with Crippen LogP contribution in [0, 0.1) is 11.8 Å². The highest BCUT2D eigenvalue weighted by molar-refractivity contribution is 5.86. The van der Waals surface area contributed by atoms with Crippen LogP contribution in [0.2, 0.25) is 0 Å². The molecular weight excluding hydrogens is 296 g/mol. The summed E-state index contributed by atoms with van der Waals surface area (Å²) in [5, 5.41) is 1.46. The van der Waals surface area contributed by atoms with Crippen LogP contribution >= 0.6 is 0 Å². The Hall–Kier alpha value is -1.74. The molecule has 2 bridgehead atoms. The minimum Gasteiger partial charge on any atom is -0.501 e. The van der Waals surface area contributed by atoms with Gasteiger partial charge in [0.2, 0.25) is 0 Å². The molecule has 0 N–H and O–H groups in total. The van der Waals surface area contributed by atoms with Crippen molar-refractivity contribution < 1.29 is 4.74 Å². The molecule has 3 heteroatoms. The molecule has 1 aromatic carbocycles. The average molecular weight is 322 g/mol. The van der Waals surface area contributed by atoms with Crippen molar-refractivity contribution in [2.75, 3.05) is 13.7 Å². The number of likely N-dealkylation sites (N-methyl/N-ethyl adjacent to an activating group) is 1. The van der Waals surface area contributed by atoms with Crippen LogP contribution in [0.15, 0.2) is 36.1 Å². The first-order valence-corrected chi connectivity index (χ1v) is 9.29. The Morgan fingerprint density at radius 2 is 2.04 bits per heavy atom. The van der Waals surface area contributed by atoms with Crippen molar-refractivity contribution in [2.24, 2.45) is 18.9 Å². The number of aryl methyl sites for hydroxylation is 1. The molecule has 0 aliphatic carbocycles. The Bertz CT molecular complexity index is 834. The van der Waals surface area contributed by atoms with Gasteiger partial charge < -0.3 is 9.30 Å². The molecule has 3 aliphatic heterocycles. The zero-order valence-corrected chi connectivity index (χ0v) is 14.8. The predicted molar refractivity (Wildman–Crippen MR) is 96.8 cm³/mol. The molecule has 0 radical (unpaired) electrons. The van der Waals surface area contributed by atoms with Crippen molar-refractivity contribution in [2.45, 2.75) is 38.3 Å². The van der Waals surface area contributed by atoms with E-state index in [9.17, 15) is 0 Å². The summed E-state index contributed by atoms with van der Waals surface area (Å²) in [5.41, 5.74) is 6.05. The molecular formula is C21H26N2O. The number of rotatable bonds is 1. The van der Waals surface area contributed by atoms with E-state index in [-0.39, 0.29) is 0 Å². The summed E-state index contributed by atoms with van der Waals surface area (Å²) in [6.07, 6.45) is 5.57. The van der Waals surface area contributed by atoms with Gasteiger partial charge in [0.15, 0.2) is 0 Å². The zero-order chi connectivity index (χ0) is 16.4. The van der Waals surface area contributed by atoms with Gasteiger partial charge >= 0.3 is 0 Å². The summed E-state index contributed by atoms with van der Waals surface area (Å²) in [4.78, 5) is 2.64. The van der Waals surface area contributed by atoms with Crippen molar-refractivity contribution in [3.8, 4) is 0 Å². The first kappa shape index (κ1) is 14.6. The van der Waals surface area contributed by atoms with E-state index in [1.807, 2.05) is 0 Å². The van der Waals surface area contributed by atoms with Crippen LogP contribution in [0.25, 0.3) is 10.9 Å². The normalized spacial score (nSPS) is 32.0. The van der Waals surface area contributed by atoms with Crippen LogP contribution in [0.4, 0.5) is 0 Å². The summed E-state index contributed by atoms with van der Waals surface area (Å²) in [6, 6.07) is 10.1. The van der Waals surface area contributed by atoms with Crippen molar-refractivity contribution in [1.29, 1.82) is 0 Å². The second kappa shape index (κ2) is 5.13. The highest BCUT2D eigenvalue weighted by Crippen LogP contribution is 2.51. The monoisotopic (exact) mass is 322 g/mol. The van der Waals surface area contributed by atoms with Gasteiger partial charge in [-0.15, -0.1) is 0 Å². The van der Waals surface area contributed by atoms with Gasteiger partial charge in [-0.2, -0.15) is 0 Å². The Morgan fingerprint density at radius 3 is 2.88 bits per heavy atom.